The van der Waals surface area contributed by atoms with Gasteiger partial charge in [-0.25, -0.2) is 9.50 Å². The maximum Gasteiger partial charge on any atom is 0.281 e. The molecule has 0 aliphatic heterocycles. The van der Waals surface area contributed by atoms with Gasteiger partial charge in [0.25, 0.3) is 15.7 Å². The Morgan fingerprint density at radius 1 is 1.20 bits per heavy atom. The quantitative estimate of drug-likeness (QED) is 0.218. The number of fused-ring (bicyclic) bond motifs is 1. The maximum absolute atomic E-state index is 13.5. The number of hydrogen-bond donors (Lipinski definition) is 0. The van der Waals surface area contributed by atoms with E-state index in [1.165, 1.54) is 41.0 Å². The van der Waals surface area contributed by atoms with Crippen LogP contribution < -0.4 is 4.90 Å². The monoisotopic (exact) mass is 490 g/mol. The average molecular weight is 491 g/mol. The fraction of sp³-hybridized carbons (Fsp3) is 0.0909. The van der Waals surface area contributed by atoms with Gasteiger partial charge in [0, 0.05) is 44.2 Å². The van der Waals surface area contributed by atoms with Gasteiger partial charge >= 0.3 is 0 Å². The van der Waals surface area contributed by atoms with Gasteiger partial charge in [-0.1, -0.05) is 6.07 Å². The number of aromatic nitrogens is 3. The third kappa shape index (κ3) is 4.50. The second-order valence-electron chi connectivity index (χ2n) is 7.30. The molecule has 4 rings (SSSR count). The highest BCUT2D eigenvalue weighted by atomic mass is 32.2. The number of benzene rings is 1. The number of nitriles is 1. The summed E-state index contributed by atoms with van der Waals surface area (Å²) < 4.78 is 29.2. The van der Waals surface area contributed by atoms with Gasteiger partial charge in [0.1, 0.15) is 10.7 Å². The van der Waals surface area contributed by atoms with Crippen LogP contribution in [0.4, 0.5) is 17.2 Å². The lowest BCUT2D eigenvalue weighted by Gasteiger charge is -2.23. The van der Waals surface area contributed by atoms with Gasteiger partial charge in [-0.2, -0.15) is 28.3 Å². The first-order valence-electron chi connectivity index (χ1n) is 10.1. The normalized spacial score (nSPS) is 11.5. The van der Waals surface area contributed by atoms with E-state index in [1.807, 2.05) is 6.07 Å². The SMILES string of the molecule is CN(c1ccccn1)c1ccc([N+](=O)[O-])cc1S(=O)(=O)N(C)/N=C\c1cnn2ccc(C#N)cc12. The minimum atomic E-state index is -4.32. The van der Waals surface area contributed by atoms with E-state index < -0.39 is 14.9 Å². The number of pyridine rings is 2. The molecule has 0 radical (unpaired) electrons. The molecule has 0 amide bonds. The maximum atomic E-state index is 13.5. The van der Waals surface area contributed by atoms with E-state index >= 15 is 0 Å². The molecule has 0 unspecified atom stereocenters. The summed E-state index contributed by atoms with van der Waals surface area (Å²) in [6.45, 7) is 0. The Morgan fingerprint density at radius 3 is 2.69 bits per heavy atom. The third-order valence-electron chi connectivity index (χ3n) is 5.17. The van der Waals surface area contributed by atoms with Crippen LogP contribution in [0.5, 0.6) is 0 Å². The zero-order valence-corrected chi connectivity index (χ0v) is 19.4. The van der Waals surface area contributed by atoms with Crippen LogP contribution in [0.15, 0.2) is 77.1 Å². The summed E-state index contributed by atoms with van der Waals surface area (Å²) >= 11 is 0. The Labute approximate surface area is 200 Å². The van der Waals surface area contributed by atoms with Crippen molar-refractivity contribution in [2.45, 2.75) is 4.90 Å². The van der Waals surface area contributed by atoms with Crippen LogP contribution in [0, 0.1) is 21.4 Å². The molecule has 0 spiro atoms. The molecule has 0 bridgehead atoms. The van der Waals surface area contributed by atoms with Crippen LogP contribution in [0.2, 0.25) is 0 Å². The first kappa shape index (κ1) is 23.3. The molecule has 12 nitrogen and oxygen atoms in total. The molecule has 176 valence electrons. The molecule has 0 saturated carbocycles. The number of rotatable bonds is 7. The summed E-state index contributed by atoms with van der Waals surface area (Å²) in [5.74, 6) is 0.448. The van der Waals surface area contributed by atoms with Crippen molar-refractivity contribution in [3.05, 3.63) is 88.4 Å². The Bertz CT molecular complexity index is 1590. The van der Waals surface area contributed by atoms with Gasteiger partial charge in [0.2, 0.25) is 0 Å². The van der Waals surface area contributed by atoms with Crippen molar-refractivity contribution in [3.8, 4) is 6.07 Å². The van der Waals surface area contributed by atoms with Crippen LogP contribution in [-0.4, -0.2) is 52.7 Å². The number of anilines is 2. The van der Waals surface area contributed by atoms with Crippen molar-refractivity contribution in [3.63, 3.8) is 0 Å². The topological polar surface area (TPSA) is 150 Å². The predicted molar refractivity (Wildman–Crippen MR) is 128 cm³/mol. The van der Waals surface area contributed by atoms with E-state index in [2.05, 4.69) is 15.2 Å². The second kappa shape index (κ2) is 9.20. The lowest BCUT2D eigenvalue weighted by atomic mass is 10.2. The molecule has 3 aromatic heterocycles. The van der Waals surface area contributed by atoms with Crippen molar-refractivity contribution in [2.75, 3.05) is 19.0 Å². The number of nitrogens with zero attached hydrogens (tertiary/aromatic N) is 8. The predicted octanol–water partition coefficient (Wildman–Crippen LogP) is 2.93. The summed E-state index contributed by atoms with van der Waals surface area (Å²) in [4.78, 5) is 16.1. The van der Waals surface area contributed by atoms with Crippen molar-refractivity contribution in [1.82, 2.24) is 19.0 Å². The fourth-order valence-electron chi connectivity index (χ4n) is 3.29. The van der Waals surface area contributed by atoms with E-state index in [9.17, 15) is 18.5 Å². The Hall–Kier alpha value is -4.83. The van der Waals surface area contributed by atoms with E-state index in [-0.39, 0.29) is 16.3 Å². The lowest BCUT2D eigenvalue weighted by Crippen LogP contribution is -2.25. The smallest absolute Gasteiger partial charge is 0.281 e. The van der Waals surface area contributed by atoms with Gasteiger partial charge in [0.05, 0.1) is 40.2 Å². The van der Waals surface area contributed by atoms with Crippen molar-refractivity contribution in [1.29, 1.82) is 5.26 Å². The number of non-ortho nitro benzene ring substituents is 1. The van der Waals surface area contributed by atoms with E-state index in [0.29, 0.717) is 22.5 Å². The molecule has 1 aromatic carbocycles. The average Bonchev–Trinajstić information content (AvgIpc) is 3.28. The number of hydrogen-bond acceptors (Lipinski definition) is 9. The molecule has 0 aliphatic carbocycles. The minimum Gasteiger partial charge on any atom is -0.328 e. The second-order valence-corrected chi connectivity index (χ2v) is 9.22. The Kier molecular flexibility index (Phi) is 6.13. The minimum absolute atomic E-state index is 0.186. The number of sulfonamides is 1. The molecule has 0 saturated heterocycles. The number of nitro benzene ring substituents is 1. The van der Waals surface area contributed by atoms with Gasteiger partial charge < -0.3 is 4.90 Å². The zero-order chi connectivity index (χ0) is 25.2. The summed E-state index contributed by atoms with van der Waals surface area (Å²) in [7, 11) is -1.48. The van der Waals surface area contributed by atoms with Gasteiger partial charge in [-0.15, -0.1) is 0 Å². The first-order valence-corrected chi connectivity index (χ1v) is 11.5. The van der Waals surface area contributed by atoms with Crippen LogP contribution >= 0.6 is 0 Å². The molecule has 0 atom stereocenters. The molecule has 3 heterocycles. The molecule has 0 fully saturated rings. The summed E-state index contributed by atoms with van der Waals surface area (Å²) in [6, 6.07) is 13.9. The lowest BCUT2D eigenvalue weighted by molar-refractivity contribution is -0.385. The van der Waals surface area contributed by atoms with Gasteiger partial charge in [0.15, 0.2) is 0 Å². The van der Waals surface area contributed by atoms with Crippen LogP contribution in [0.25, 0.3) is 5.52 Å². The van der Waals surface area contributed by atoms with E-state index in [0.717, 1.165) is 10.5 Å². The molecular formula is C22H18N8O4S. The number of hydrazone groups is 1. The molecule has 0 aliphatic rings. The fourth-order valence-corrected chi connectivity index (χ4v) is 4.49. The van der Waals surface area contributed by atoms with Crippen molar-refractivity contribution in [2.24, 2.45) is 5.10 Å². The van der Waals surface area contributed by atoms with Crippen LogP contribution in [0.1, 0.15) is 11.1 Å². The molecule has 0 N–H and O–H groups in total. The Balaban J connectivity index is 1.75. The summed E-state index contributed by atoms with van der Waals surface area (Å²) in [6.07, 6.45) is 5.93. The highest BCUT2D eigenvalue weighted by Crippen LogP contribution is 2.33. The molecule has 4 aromatic rings. The van der Waals surface area contributed by atoms with E-state index in [1.54, 1.807) is 49.8 Å². The standard InChI is InChI=1S/C22H18N8O4S/c1-27(22-5-3-4-9-24-22)19-7-6-18(30(31)32)12-21(19)35(33,34)28(2)25-14-17-15-26-29-10-8-16(13-23)11-20(17)29/h3-12,14-15H,1-2H3/b25-14-. The van der Waals surface area contributed by atoms with Crippen molar-refractivity contribution >= 4 is 38.9 Å². The van der Waals surface area contributed by atoms with Gasteiger partial charge in [-0.3, -0.25) is 10.1 Å². The zero-order valence-electron chi connectivity index (χ0n) is 18.5. The third-order valence-corrected chi connectivity index (χ3v) is 6.85. The van der Waals surface area contributed by atoms with Gasteiger partial charge in [-0.05, 0) is 30.3 Å². The van der Waals surface area contributed by atoms with Crippen LogP contribution in [-0.2, 0) is 10.0 Å². The van der Waals surface area contributed by atoms with Crippen LogP contribution in [0.3, 0.4) is 0 Å². The summed E-state index contributed by atoms with van der Waals surface area (Å²) in [5.41, 5.74) is 1.25. The Morgan fingerprint density at radius 2 is 2.00 bits per heavy atom. The van der Waals surface area contributed by atoms with Crippen molar-refractivity contribution < 1.29 is 13.3 Å². The highest BCUT2D eigenvalue weighted by Gasteiger charge is 2.28. The highest BCUT2D eigenvalue weighted by molar-refractivity contribution is 7.89. The largest absolute Gasteiger partial charge is 0.328 e. The number of nitro groups is 1. The van der Waals surface area contributed by atoms with E-state index in [4.69, 9.17) is 5.26 Å². The first-order chi connectivity index (χ1) is 16.7. The molecule has 13 heteroatoms. The molecular weight excluding hydrogens is 472 g/mol. The summed E-state index contributed by atoms with van der Waals surface area (Å²) in [5, 5.41) is 28.7. The molecule has 35 heavy (non-hydrogen) atoms.